The second-order valence-corrected chi connectivity index (χ2v) is 4.13. The van der Waals surface area contributed by atoms with Crippen LogP contribution >= 0.6 is 0 Å². The van der Waals surface area contributed by atoms with E-state index in [-0.39, 0.29) is 12.5 Å². The highest BCUT2D eigenvalue weighted by Crippen LogP contribution is 2.10. The van der Waals surface area contributed by atoms with Gasteiger partial charge in [0.1, 0.15) is 6.04 Å². The fourth-order valence-corrected chi connectivity index (χ4v) is 1.40. The highest BCUT2D eigenvalue weighted by molar-refractivity contribution is 5.97. The summed E-state index contributed by atoms with van der Waals surface area (Å²) < 4.78 is 0. The number of benzene rings is 1. The molecule has 0 aliphatic rings. The Morgan fingerprint density at radius 2 is 2.11 bits per heavy atom. The molecule has 0 saturated carbocycles. The van der Waals surface area contributed by atoms with Crippen LogP contribution < -0.4 is 16.8 Å². The van der Waals surface area contributed by atoms with Crippen molar-refractivity contribution in [3.63, 3.8) is 0 Å². The van der Waals surface area contributed by atoms with Crippen molar-refractivity contribution < 1.29 is 9.59 Å². The summed E-state index contributed by atoms with van der Waals surface area (Å²) in [5.74, 6) is 4.70. The smallest absolute Gasteiger partial charge is 0.251 e. The minimum atomic E-state index is -0.715. The van der Waals surface area contributed by atoms with Crippen molar-refractivity contribution >= 4 is 11.8 Å². The molecule has 0 saturated heterocycles. The third kappa shape index (κ3) is 4.12. The highest BCUT2D eigenvalue weighted by Gasteiger charge is 2.14. The lowest BCUT2D eigenvalue weighted by molar-refractivity contribution is -0.119. The van der Waals surface area contributed by atoms with Crippen LogP contribution in [0.3, 0.4) is 0 Å². The topological polar surface area (TPSA) is 98.2 Å². The second-order valence-electron chi connectivity index (χ2n) is 4.13. The zero-order valence-electron chi connectivity index (χ0n) is 11.0. The van der Waals surface area contributed by atoms with Crippen molar-refractivity contribution in [1.82, 2.24) is 5.32 Å². The van der Waals surface area contributed by atoms with Gasteiger partial charge in [0.25, 0.3) is 5.91 Å². The van der Waals surface area contributed by atoms with Crippen LogP contribution in [0.1, 0.15) is 28.4 Å². The van der Waals surface area contributed by atoms with E-state index in [9.17, 15) is 9.59 Å². The minimum Gasteiger partial charge on any atom is -0.368 e. The molecule has 0 aliphatic heterocycles. The first-order valence-corrected chi connectivity index (χ1v) is 5.85. The van der Waals surface area contributed by atoms with Crippen LogP contribution in [-0.4, -0.2) is 24.4 Å². The molecule has 5 N–H and O–H groups in total. The van der Waals surface area contributed by atoms with Gasteiger partial charge in [-0.3, -0.25) is 9.59 Å². The minimum absolute atomic E-state index is 0.259. The molecule has 1 unspecified atom stereocenters. The van der Waals surface area contributed by atoms with Crippen LogP contribution in [0.5, 0.6) is 0 Å². The third-order valence-corrected chi connectivity index (χ3v) is 2.60. The summed E-state index contributed by atoms with van der Waals surface area (Å²) in [7, 11) is 0. The summed E-state index contributed by atoms with van der Waals surface area (Å²) in [6.07, 6.45) is 0. The van der Waals surface area contributed by atoms with Gasteiger partial charge in [-0.25, -0.2) is 0 Å². The van der Waals surface area contributed by atoms with Gasteiger partial charge >= 0.3 is 0 Å². The summed E-state index contributed by atoms with van der Waals surface area (Å²) in [4.78, 5) is 22.8. The number of rotatable bonds is 3. The van der Waals surface area contributed by atoms with Gasteiger partial charge in [0, 0.05) is 11.1 Å². The number of aryl methyl sites for hydroxylation is 1. The molecule has 1 aromatic carbocycles. The summed E-state index contributed by atoms with van der Waals surface area (Å²) in [6.45, 7) is 3.69. The van der Waals surface area contributed by atoms with Gasteiger partial charge < -0.3 is 16.8 Å². The van der Waals surface area contributed by atoms with Gasteiger partial charge in [0.15, 0.2) is 0 Å². The van der Waals surface area contributed by atoms with Gasteiger partial charge in [0.2, 0.25) is 5.91 Å². The average molecular weight is 259 g/mol. The van der Waals surface area contributed by atoms with E-state index < -0.39 is 11.9 Å². The molecule has 1 aromatic rings. The molecule has 5 nitrogen and oxygen atoms in total. The molecule has 0 bridgehead atoms. The van der Waals surface area contributed by atoms with E-state index in [4.69, 9.17) is 11.5 Å². The van der Waals surface area contributed by atoms with Crippen LogP contribution in [0.2, 0.25) is 0 Å². The Kier molecular flexibility index (Phi) is 5.10. The molecule has 0 radical (unpaired) electrons. The Bertz CT molecular complexity index is 556. The van der Waals surface area contributed by atoms with E-state index in [1.807, 2.05) is 6.92 Å². The van der Waals surface area contributed by atoms with Crippen LogP contribution in [0, 0.1) is 18.8 Å². The maximum atomic E-state index is 11.9. The summed E-state index contributed by atoms with van der Waals surface area (Å²) in [6, 6.07) is 4.42. The summed E-state index contributed by atoms with van der Waals surface area (Å²) in [5.41, 5.74) is 12.5. The van der Waals surface area contributed by atoms with Gasteiger partial charge in [-0.15, -0.1) is 0 Å². The molecule has 0 heterocycles. The first-order chi connectivity index (χ1) is 8.95. The van der Waals surface area contributed by atoms with Crippen molar-refractivity contribution in [2.24, 2.45) is 11.5 Å². The first kappa shape index (κ1) is 14.7. The van der Waals surface area contributed by atoms with E-state index in [2.05, 4.69) is 17.2 Å². The Morgan fingerprint density at radius 3 is 2.68 bits per heavy atom. The monoisotopic (exact) mass is 259 g/mol. The second kappa shape index (κ2) is 6.57. The van der Waals surface area contributed by atoms with Gasteiger partial charge in [-0.2, -0.15) is 0 Å². The normalized spacial score (nSPS) is 11.1. The third-order valence-electron chi connectivity index (χ3n) is 2.60. The molecular weight excluding hydrogens is 242 g/mol. The van der Waals surface area contributed by atoms with Crippen molar-refractivity contribution in [1.29, 1.82) is 0 Å². The number of hydrogen-bond donors (Lipinski definition) is 3. The van der Waals surface area contributed by atoms with Crippen LogP contribution in [0.25, 0.3) is 0 Å². The van der Waals surface area contributed by atoms with Crippen LogP contribution in [0.15, 0.2) is 18.2 Å². The maximum absolute atomic E-state index is 11.9. The van der Waals surface area contributed by atoms with E-state index in [1.54, 1.807) is 18.2 Å². The Hall–Kier alpha value is -2.32. The number of primary amides is 1. The van der Waals surface area contributed by atoms with Crippen molar-refractivity contribution in [3.05, 3.63) is 34.9 Å². The average Bonchev–Trinajstić information content (AvgIpc) is 2.37. The zero-order chi connectivity index (χ0) is 14.4. The molecule has 0 aliphatic carbocycles. The fourth-order valence-electron chi connectivity index (χ4n) is 1.40. The molecule has 0 fully saturated rings. The predicted octanol–water partition coefficient (Wildman–Crippen LogP) is -0.0912. The summed E-state index contributed by atoms with van der Waals surface area (Å²) in [5, 5.41) is 2.51. The largest absolute Gasteiger partial charge is 0.368 e. The zero-order valence-corrected chi connectivity index (χ0v) is 11.0. The molecule has 0 spiro atoms. The number of carbonyl (C=O) groups excluding carboxylic acids is 2. The highest BCUT2D eigenvalue weighted by atomic mass is 16.2. The van der Waals surface area contributed by atoms with Gasteiger partial charge in [-0.05, 0) is 31.5 Å². The maximum Gasteiger partial charge on any atom is 0.251 e. The first-order valence-electron chi connectivity index (χ1n) is 5.85. The number of amides is 2. The number of nitrogens with two attached hydrogens (primary N) is 2. The van der Waals surface area contributed by atoms with E-state index in [0.29, 0.717) is 5.56 Å². The SMILES string of the molecule is Cc1ccc(C(=O)NC(C)C(N)=O)cc1C#CCN. The molecule has 0 aromatic heterocycles. The Morgan fingerprint density at radius 1 is 1.42 bits per heavy atom. The predicted molar refractivity (Wildman–Crippen MR) is 73.2 cm³/mol. The van der Waals surface area contributed by atoms with Crippen LogP contribution in [0.4, 0.5) is 0 Å². The molecule has 100 valence electrons. The van der Waals surface area contributed by atoms with Gasteiger partial charge in [-0.1, -0.05) is 17.9 Å². The van der Waals surface area contributed by atoms with Crippen molar-refractivity contribution in [2.75, 3.05) is 6.54 Å². The Balaban J connectivity index is 2.95. The lowest BCUT2D eigenvalue weighted by Gasteiger charge is -2.10. The number of hydrogen-bond acceptors (Lipinski definition) is 3. The van der Waals surface area contributed by atoms with E-state index >= 15 is 0 Å². The molecule has 2 amide bonds. The lowest BCUT2D eigenvalue weighted by atomic mass is 10.0. The van der Waals surface area contributed by atoms with Crippen molar-refractivity contribution in [3.8, 4) is 11.8 Å². The van der Waals surface area contributed by atoms with Crippen LogP contribution in [-0.2, 0) is 4.79 Å². The fraction of sp³-hybridized carbons (Fsp3) is 0.286. The standard InChI is InChI=1S/C14H17N3O2/c1-9-5-6-12(8-11(9)4-3-7-15)14(19)17-10(2)13(16)18/h5-6,8,10H,7,15H2,1-2H3,(H2,16,18)(H,17,19). The quantitative estimate of drug-likeness (QED) is 0.661. The Labute approximate surface area is 112 Å². The van der Waals surface area contributed by atoms with Gasteiger partial charge in [0.05, 0.1) is 6.54 Å². The van der Waals surface area contributed by atoms with Crippen molar-refractivity contribution in [2.45, 2.75) is 19.9 Å². The molecule has 1 rings (SSSR count). The number of carbonyl (C=O) groups is 2. The lowest BCUT2D eigenvalue weighted by Crippen LogP contribution is -2.42. The molecule has 19 heavy (non-hydrogen) atoms. The number of nitrogens with one attached hydrogen (secondary N) is 1. The molecule has 1 atom stereocenters. The molecular formula is C14H17N3O2. The van der Waals surface area contributed by atoms with E-state index in [1.165, 1.54) is 6.92 Å². The van der Waals surface area contributed by atoms with E-state index in [0.717, 1.165) is 11.1 Å². The summed E-state index contributed by atoms with van der Waals surface area (Å²) >= 11 is 0. The molecule has 5 heteroatoms.